The van der Waals surface area contributed by atoms with Crippen LogP contribution in [0.2, 0.25) is 0 Å². The summed E-state index contributed by atoms with van der Waals surface area (Å²) < 4.78 is 0. The van der Waals surface area contributed by atoms with E-state index in [0.29, 0.717) is 18.0 Å². The predicted octanol–water partition coefficient (Wildman–Crippen LogP) is 1.11. The van der Waals surface area contributed by atoms with E-state index in [1.54, 1.807) is 0 Å². The standard InChI is InChI=1S/C13H30N4/c1-4-12(14)16-10-7-6-8-11(9(10)3)17-13(15)5-2/h9-13,16-17H,4-8,14-15H2,1-3H3. The van der Waals surface area contributed by atoms with Gasteiger partial charge < -0.3 is 11.5 Å². The normalized spacial score (nSPS) is 33.4. The van der Waals surface area contributed by atoms with Gasteiger partial charge in [0.15, 0.2) is 0 Å². The second-order valence-corrected chi connectivity index (χ2v) is 5.37. The molecule has 0 amide bonds. The Morgan fingerprint density at radius 1 is 1.00 bits per heavy atom. The molecule has 1 saturated carbocycles. The third kappa shape index (κ3) is 4.54. The molecule has 4 nitrogen and oxygen atoms in total. The fourth-order valence-electron chi connectivity index (χ4n) is 2.62. The molecule has 4 unspecified atom stereocenters. The lowest BCUT2D eigenvalue weighted by atomic mass is 9.81. The molecular weight excluding hydrogens is 212 g/mol. The molecule has 0 bridgehead atoms. The maximum Gasteiger partial charge on any atom is 0.0545 e. The van der Waals surface area contributed by atoms with Crippen LogP contribution in [0.25, 0.3) is 0 Å². The van der Waals surface area contributed by atoms with Gasteiger partial charge in [0.25, 0.3) is 0 Å². The van der Waals surface area contributed by atoms with E-state index in [0.717, 1.165) is 12.8 Å². The van der Waals surface area contributed by atoms with Gasteiger partial charge >= 0.3 is 0 Å². The average Bonchev–Trinajstić information content (AvgIpc) is 2.33. The summed E-state index contributed by atoms with van der Waals surface area (Å²) in [6, 6.07) is 1.06. The molecule has 4 atom stereocenters. The molecule has 102 valence electrons. The molecule has 1 fully saturated rings. The Morgan fingerprint density at radius 3 is 1.76 bits per heavy atom. The molecule has 0 aromatic heterocycles. The van der Waals surface area contributed by atoms with Gasteiger partial charge in [-0.3, -0.25) is 10.6 Å². The number of rotatable bonds is 6. The van der Waals surface area contributed by atoms with E-state index >= 15 is 0 Å². The van der Waals surface area contributed by atoms with E-state index < -0.39 is 0 Å². The van der Waals surface area contributed by atoms with Crippen LogP contribution in [0.4, 0.5) is 0 Å². The Hall–Kier alpha value is -0.160. The van der Waals surface area contributed by atoms with Crippen molar-refractivity contribution in [2.24, 2.45) is 17.4 Å². The molecule has 4 heteroatoms. The maximum absolute atomic E-state index is 5.98. The highest BCUT2D eigenvalue weighted by Crippen LogP contribution is 2.25. The molecule has 0 heterocycles. The second-order valence-electron chi connectivity index (χ2n) is 5.37. The van der Waals surface area contributed by atoms with Gasteiger partial charge in [0.1, 0.15) is 0 Å². The van der Waals surface area contributed by atoms with E-state index in [9.17, 15) is 0 Å². The van der Waals surface area contributed by atoms with Crippen molar-refractivity contribution in [1.82, 2.24) is 10.6 Å². The van der Waals surface area contributed by atoms with E-state index in [2.05, 4.69) is 31.4 Å². The minimum Gasteiger partial charge on any atom is -0.316 e. The number of nitrogens with two attached hydrogens (primary N) is 2. The molecule has 1 aliphatic carbocycles. The molecule has 0 saturated heterocycles. The Morgan fingerprint density at radius 2 is 1.41 bits per heavy atom. The zero-order chi connectivity index (χ0) is 12.8. The van der Waals surface area contributed by atoms with Gasteiger partial charge in [0, 0.05) is 12.1 Å². The van der Waals surface area contributed by atoms with Gasteiger partial charge in [-0.2, -0.15) is 0 Å². The number of hydrogen-bond acceptors (Lipinski definition) is 4. The first-order valence-electron chi connectivity index (χ1n) is 7.11. The van der Waals surface area contributed by atoms with Crippen molar-refractivity contribution in [3.05, 3.63) is 0 Å². The van der Waals surface area contributed by atoms with E-state index in [1.165, 1.54) is 19.3 Å². The summed E-state index contributed by atoms with van der Waals surface area (Å²) in [6.07, 6.45) is 5.93. The zero-order valence-electron chi connectivity index (χ0n) is 11.6. The Kier molecular flexibility index (Phi) is 6.41. The fraction of sp³-hybridized carbons (Fsp3) is 1.00. The van der Waals surface area contributed by atoms with Crippen molar-refractivity contribution in [2.45, 2.75) is 77.3 Å². The maximum atomic E-state index is 5.98. The zero-order valence-corrected chi connectivity index (χ0v) is 11.6. The fourth-order valence-corrected chi connectivity index (χ4v) is 2.62. The number of nitrogens with one attached hydrogen (secondary N) is 2. The summed E-state index contributed by atoms with van der Waals surface area (Å²) in [7, 11) is 0. The lowest BCUT2D eigenvalue weighted by molar-refractivity contribution is 0.189. The summed E-state index contributed by atoms with van der Waals surface area (Å²) in [4.78, 5) is 0. The molecule has 0 aromatic carbocycles. The monoisotopic (exact) mass is 242 g/mol. The highest BCUT2D eigenvalue weighted by Gasteiger charge is 2.30. The summed E-state index contributed by atoms with van der Waals surface area (Å²) in [6.45, 7) is 6.54. The topological polar surface area (TPSA) is 76.1 Å². The summed E-state index contributed by atoms with van der Waals surface area (Å²) in [5.74, 6) is 0.596. The van der Waals surface area contributed by atoms with Crippen molar-refractivity contribution in [3.8, 4) is 0 Å². The van der Waals surface area contributed by atoms with Gasteiger partial charge in [-0.05, 0) is 31.6 Å². The SMILES string of the molecule is CCC(N)NC1CCCC(NC(N)CC)C1C. The van der Waals surface area contributed by atoms with Crippen LogP contribution in [0.5, 0.6) is 0 Å². The second kappa shape index (κ2) is 7.31. The third-order valence-electron chi connectivity index (χ3n) is 4.04. The molecule has 6 N–H and O–H groups in total. The average molecular weight is 242 g/mol. The molecular formula is C13H30N4. The van der Waals surface area contributed by atoms with Crippen LogP contribution in [0.3, 0.4) is 0 Å². The third-order valence-corrected chi connectivity index (χ3v) is 4.04. The molecule has 0 radical (unpaired) electrons. The first-order valence-corrected chi connectivity index (χ1v) is 7.11. The largest absolute Gasteiger partial charge is 0.316 e. The molecule has 0 spiro atoms. The Bertz CT molecular complexity index is 190. The highest BCUT2D eigenvalue weighted by atomic mass is 15.1. The molecule has 1 rings (SSSR count). The van der Waals surface area contributed by atoms with Crippen LogP contribution >= 0.6 is 0 Å². The smallest absolute Gasteiger partial charge is 0.0545 e. The van der Waals surface area contributed by atoms with Crippen LogP contribution in [-0.4, -0.2) is 24.4 Å². The van der Waals surface area contributed by atoms with Crippen LogP contribution < -0.4 is 22.1 Å². The lowest BCUT2D eigenvalue weighted by Crippen LogP contribution is -2.56. The first-order chi connectivity index (χ1) is 8.08. The van der Waals surface area contributed by atoms with Crippen LogP contribution in [-0.2, 0) is 0 Å². The van der Waals surface area contributed by atoms with Gasteiger partial charge in [0.2, 0.25) is 0 Å². The predicted molar refractivity (Wildman–Crippen MR) is 73.4 cm³/mol. The summed E-state index contributed by atoms with van der Waals surface area (Å²) in [5, 5.41) is 7.07. The number of hydrogen-bond donors (Lipinski definition) is 4. The van der Waals surface area contributed by atoms with E-state index in [1.807, 2.05) is 0 Å². The lowest BCUT2D eigenvalue weighted by Gasteiger charge is -2.39. The minimum atomic E-state index is 0.126. The Labute approximate surface area is 106 Å². The van der Waals surface area contributed by atoms with E-state index in [-0.39, 0.29) is 12.3 Å². The van der Waals surface area contributed by atoms with Crippen molar-refractivity contribution < 1.29 is 0 Å². The van der Waals surface area contributed by atoms with Crippen molar-refractivity contribution >= 4 is 0 Å². The Balaban J connectivity index is 2.46. The van der Waals surface area contributed by atoms with Gasteiger partial charge in [-0.15, -0.1) is 0 Å². The van der Waals surface area contributed by atoms with Gasteiger partial charge in [-0.25, -0.2) is 0 Å². The van der Waals surface area contributed by atoms with E-state index in [4.69, 9.17) is 11.5 Å². The van der Waals surface area contributed by atoms with Crippen molar-refractivity contribution in [1.29, 1.82) is 0 Å². The molecule has 1 aliphatic rings. The summed E-state index contributed by atoms with van der Waals surface area (Å²) in [5.41, 5.74) is 12.0. The van der Waals surface area contributed by atoms with Crippen molar-refractivity contribution in [3.63, 3.8) is 0 Å². The van der Waals surface area contributed by atoms with Gasteiger partial charge in [-0.1, -0.05) is 27.2 Å². The molecule has 0 aliphatic heterocycles. The quantitative estimate of drug-likeness (QED) is 0.526. The molecule has 17 heavy (non-hydrogen) atoms. The first kappa shape index (κ1) is 14.9. The van der Waals surface area contributed by atoms with Crippen LogP contribution in [0, 0.1) is 5.92 Å². The van der Waals surface area contributed by atoms with Gasteiger partial charge in [0.05, 0.1) is 12.3 Å². The van der Waals surface area contributed by atoms with Crippen LogP contribution in [0.15, 0.2) is 0 Å². The minimum absolute atomic E-state index is 0.126. The summed E-state index contributed by atoms with van der Waals surface area (Å²) >= 11 is 0. The molecule has 0 aromatic rings. The van der Waals surface area contributed by atoms with Crippen LogP contribution in [0.1, 0.15) is 52.9 Å². The highest BCUT2D eigenvalue weighted by molar-refractivity contribution is 4.89. The van der Waals surface area contributed by atoms with Crippen molar-refractivity contribution in [2.75, 3.05) is 0 Å².